The van der Waals surface area contributed by atoms with Crippen LogP contribution in [0.15, 0.2) is 18.3 Å². The monoisotopic (exact) mass is 275 g/mol. The molecule has 0 bridgehead atoms. The summed E-state index contributed by atoms with van der Waals surface area (Å²) in [6.07, 6.45) is 4.64. The Balaban J connectivity index is 1.98. The van der Waals surface area contributed by atoms with Crippen LogP contribution in [0.2, 0.25) is 0 Å². The number of aromatic nitrogens is 1. The van der Waals surface area contributed by atoms with Gasteiger partial charge in [0, 0.05) is 25.3 Å². The fourth-order valence-corrected chi connectivity index (χ4v) is 2.91. The van der Waals surface area contributed by atoms with Gasteiger partial charge in [-0.1, -0.05) is 33.8 Å². The molecule has 2 rings (SSSR count). The molecule has 3 nitrogen and oxygen atoms in total. The maximum Gasteiger partial charge on any atom is 0.125 e. The summed E-state index contributed by atoms with van der Waals surface area (Å²) < 4.78 is 0. The molecule has 1 N–H and O–H groups in total. The predicted molar refractivity (Wildman–Crippen MR) is 86.0 cm³/mol. The van der Waals surface area contributed by atoms with Crippen molar-refractivity contribution in [2.24, 2.45) is 11.8 Å². The zero-order chi connectivity index (χ0) is 14.5. The number of hydrogen-bond donors (Lipinski definition) is 1. The highest BCUT2D eigenvalue weighted by atomic mass is 15.2. The Labute approximate surface area is 123 Å². The van der Waals surface area contributed by atoms with Gasteiger partial charge in [-0.15, -0.1) is 0 Å². The molecule has 0 unspecified atom stereocenters. The number of anilines is 1. The van der Waals surface area contributed by atoms with Crippen LogP contribution in [-0.2, 0) is 0 Å². The van der Waals surface area contributed by atoms with Gasteiger partial charge in [0.15, 0.2) is 0 Å². The SMILES string of the molecule is CC(C)CNc1ccc([C@H]2CCCN2CC(C)C)cn1. The molecule has 1 atom stereocenters. The van der Waals surface area contributed by atoms with Crippen molar-refractivity contribution in [1.29, 1.82) is 0 Å². The van der Waals surface area contributed by atoms with Gasteiger partial charge in [0.1, 0.15) is 5.82 Å². The van der Waals surface area contributed by atoms with E-state index in [9.17, 15) is 0 Å². The Morgan fingerprint density at radius 2 is 2.05 bits per heavy atom. The molecule has 1 saturated heterocycles. The Morgan fingerprint density at radius 1 is 1.25 bits per heavy atom. The van der Waals surface area contributed by atoms with Crippen LogP contribution < -0.4 is 5.32 Å². The van der Waals surface area contributed by atoms with E-state index in [-0.39, 0.29) is 0 Å². The minimum absolute atomic E-state index is 0.573. The number of rotatable bonds is 6. The summed E-state index contributed by atoms with van der Waals surface area (Å²) in [6.45, 7) is 12.4. The third kappa shape index (κ3) is 4.20. The molecule has 1 aromatic heterocycles. The van der Waals surface area contributed by atoms with Gasteiger partial charge in [0.25, 0.3) is 0 Å². The summed E-state index contributed by atoms with van der Waals surface area (Å²) in [5, 5.41) is 3.38. The molecule has 1 fully saturated rings. The minimum atomic E-state index is 0.573. The lowest BCUT2D eigenvalue weighted by Crippen LogP contribution is -2.27. The van der Waals surface area contributed by atoms with Crippen molar-refractivity contribution in [3.8, 4) is 0 Å². The summed E-state index contributed by atoms with van der Waals surface area (Å²) in [7, 11) is 0. The topological polar surface area (TPSA) is 28.2 Å². The van der Waals surface area contributed by atoms with Crippen molar-refractivity contribution >= 4 is 5.82 Å². The van der Waals surface area contributed by atoms with Gasteiger partial charge in [-0.2, -0.15) is 0 Å². The van der Waals surface area contributed by atoms with E-state index in [1.165, 1.54) is 31.5 Å². The molecule has 1 aromatic rings. The van der Waals surface area contributed by atoms with E-state index in [1.807, 2.05) is 0 Å². The fraction of sp³-hybridized carbons (Fsp3) is 0.706. The van der Waals surface area contributed by atoms with Crippen molar-refractivity contribution in [2.45, 2.75) is 46.6 Å². The summed E-state index contributed by atoms with van der Waals surface area (Å²) >= 11 is 0. The first-order chi connectivity index (χ1) is 9.56. The Morgan fingerprint density at radius 3 is 2.65 bits per heavy atom. The quantitative estimate of drug-likeness (QED) is 0.852. The van der Waals surface area contributed by atoms with Crippen LogP contribution in [0.3, 0.4) is 0 Å². The molecule has 0 spiro atoms. The molecule has 112 valence electrons. The summed E-state index contributed by atoms with van der Waals surface area (Å²) in [5.74, 6) is 2.37. The van der Waals surface area contributed by atoms with E-state index < -0.39 is 0 Å². The molecule has 0 aromatic carbocycles. The van der Waals surface area contributed by atoms with Crippen molar-refractivity contribution in [1.82, 2.24) is 9.88 Å². The van der Waals surface area contributed by atoms with Crippen molar-refractivity contribution in [3.63, 3.8) is 0 Å². The lowest BCUT2D eigenvalue weighted by molar-refractivity contribution is 0.228. The molecule has 3 heteroatoms. The van der Waals surface area contributed by atoms with Crippen molar-refractivity contribution in [3.05, 3.63) is 23.9 Å². The van der Waals surface area contributed by atoms with E-state index in [1.54, 1.807) is 0 Å². The van der Waals surface area contributed by atoms with Crippen LogP contribution >= 0.6 is 0 Å². The van der Waals surface area contributed by atoms with Crippen LogP contribution in [-0.4, -0.2) is 29.5 Å². The second-order valence-corrected chi connectivity index (χ2v) is 6.80. The Hall–Kier alpha value is -1.09. The number of pyridine rings is 1. The molecule has 0 radical (unpaired) electrons. The van der Waals surface area contributed by atoms with Gasteiger partial charge in [0.05, 0.1) is 0 Å². The largest absolute Gasteiger partial charge is 0.370 e. The highest BCUT2D eigenvalue weighted by molar-refractivity contribution is 5.36. The van der Waals surface area contributed by atoms with E-state index in [0.717, 1.165) is 18.3 Å². The summed E-state index contributed by atoms with van der Waals surface area (Å²) in [4.78, 5) is 7.19. The molecule has 2 heterocycles. The molecule has 0 aliphatic carbocycles. The lowest BCUT2D eigenvalue weighted by atomic mass is 10.1. The average Bonchev–Trinajstić information content (AvgIpc) is 2.84. The first-order valence-electron chi connectivity index (χ1n) is 8.00. The van der Waals surface area contributed by atoms with Crippen LogP contribution in [0.4, 0.5) is 5.82 Å². The van der Waals surface area contributed by atoms with Gasteiger partial charge in [0.2, 0.25) is 0 Å². The number of nitrogens with one attached hydrogen (secondary N) is 1. The highest BCUT2D eigenvalue weighted by Crippen LogP contribution is 2.32. The van der Waals surface area contributed by atoms with Crippen LogP contribution in [0.5, 0.6) is 0 Å². The Kier molecular flexibility index (Phi) is 5.41. The van der Waals surface area contributed by atoms with Gasteiger partial charge in [-0.3, -0.25) is 4.90 Å². The van der Waals surface area contributed by atoms with Gasteiger partial charge >= 0.3 is 0 Å². The third-order valence-corrected chi connectivity index (χ3v) is 3.83. The van der Waals surface area contributed by atoms with Crippen molar-refractivity contribution < 1.29 is 0 Å². The maximum atomic E-state index is 4.57. The van der Waals surface area contributed by atoms with Crippen LogP contribution in [0.25, 0.3) is 0 Å². The smallest absolute Gasteiger partial charge is 0.125 e. The van der Waals surface area contributed by atoms with Gasteiger partial charge < -0.3 is 5.32 Å². The molecule has 1 aliphatic rings. The zero-order valence-corrected chi connectivity index (χ0v) is 13.4. The standard InChI is InChI=1S/C17H29N3/c1-13(2)10-18-17-8-7-15(11-19-17)16-6-5-9-20(16)12-14(3)4/h7-8,11,13-14,16H,5-6,9-10,12H2,1-4H3,(H,18,19)/t16-/m1/s1. The van der Waals surface area contributed by atoms with Crippen molar-refractivity contribution in [2.75, 3.05) is 25.0 Å². The lowest BCUT2D eigenvalue weighted by Gasteiger charge is -2.26. The fourth-order valence-electron chi connectivity index (χ4n) is 2.91. The van der Waals surface area contributed by atoms with E-state index in [2.05, 4.69) is 61.2 Å². The zero-order valence-electron chi connectivity index (χ0n) is 13.4. The third-order valence-electron chi connectivity index (χ3n) is 3.83. The molecular weight excluding hydrogens is 246 g/mol. The van der Waals surface area contributed by atoms with E-state index >= 15 is 0 Å². The van der Waals surface area contributed by atoms with Gasteiger partial charge in [-0.05, 0) is 42.9 Å². The number of hydrogen-bond acceptors (Lipinski definition) is 3. The van der Waals surface area contributed by atoms with Gasteiger partial charge in [-0.25, -0.2) is 4.98 Å². The Bertz CT molecular complexity index is 397. The highest BCUT2D eigenvalue weighted by Gasteiger charge is 2.26. The first kappa shape index (κ1) is 15.3. The molecule has 0 saturated carbocycles. The summed E-state index contributed by atoms with van der Waals surface area (Å²) in [6, 6.07) is 4.95. The number of nitrogens with zero attached hydrogens (tertiary/aromatic N) is 2. The second kappa shape index (κ2) is 7.07. The predicted octanol–water partition coefficient (Wildman–Crippen LogP) is 3.94. The van der Waals surface area contributed by atoms with Crippen LogP contribution in [0, 0.1) is 11.8 Å². The first-order valence-corrected chi connectivity index (χ1v) is 8.00. The maximum absolute atomic E-state index is 4.57. The van der Waals surface area contributed by atoms with Crippen LogP contribution in [0.1, 0.15) is 52.1 Å². The average molecular weight is 275 g/mol. The second-order valence-electron chi connectivity index (χ2n) is 6.80. The van der Waals surface area contributed by atoms with E-state index in [4.69, 9.17) is 0 Å². The molecule has 20 heavy (non-hydrogen) atoms. The molecule has 1 aliphatic heterocycles. The molecular formula is C17H29N3. The summed E-state index contributed by atoms with van der Waals surface area (Å²) in [5.41, 5.74) is 1.37. The number of likely N-dealkylation sites (tertiary alicyclic amines) is 1. The normalized spacial score (nSPS) is 20.0. The van der Waals surface area contributed by atoms with E-state index in [0.29, 0.717) is 12.0 Å². The molecule has 0 amide bonds. The minimum Gasteiger partial charge on any atom is -0.370 e.